The highest BCUT2D eigenvalue weighted by Gasteiger charge is 2.52. The van der Waals surface area contributed by atoms with Gasteiger partial charge in [0.25, 0.3) is 0 Å². The number of thioether (sulfide) groups is 1. The molecule has 1 aliphatic heterocycles. The maximum absolute atomic E-state index is 11.5. The van der Waals surface area contributed by atoms with E-state index < -0.39 is 24.3 Å². The van der Waals surface area contributed by atoms with Crippen molar-refractivity contribution < 1.29 is 24.0 Å². The monoisotopic (exact) mass is 410 g/mol. The molecule has 1 saturated heterocycles. The zero-order valence-electron chi connectivity index (χ0n) is 16.2. The Labute approximate surface area is 169 Å². The second kappa shape index (κ2) is 8.39. The molecule has 0 unspecified atom stereocenters. The molecular formula is C19H24BClO5S. The van der Waals surface area contributed by atoms with Gasteiger partial charge in [-0.15, -0.1) is 0 Å². The molecule has 0 bridgehead atoms. The maximum atomic E-state index is 11.5. The van der Waals surface area contributed by atoms with Gasteiger partial charge < -0.3 is 14.4 Å². The largest absolute Gasteiger partial charge is 0.491 e. The van der Waals surface area contributed by atoms with Gasteiger partial charge in [-0.25, -0.2) is 0 Å². The molecule has 0 radical (unpaired) electrons. The normalized spacial score (nSPS) is 18.6. The van der Waals surface area contributed by atoms with Crippen LogP contribution in [0.1, 0.15) is 45.7 Å². The summed E-state index contributed by atoms with van der Waals surface area (Å²) in [4.78, 5) is 22.7. The summed E-state index contributed by atoms with van der Waals surface area (Å²) in [7, 11) is -0.626. The molecule has 0 spiro atoms. The standard InChI is InChI=1S/C19H24BClO5S/c1-12(22)27-11-15(20-25-18(2,3)19(4,5)26-20)8-14-9-16(21)7-6-13(14)10-17(23)24/h6-9H,10-11H2,1-5H3,(H,23,24). The quantitative estimate of drug-likeness (QED) is 0.706. The minimum Gasteiger partial charge on any atom is -0.481 e. The fraction of sp³-hybridized carbons (Fsp3) is 0.474. The van der Waals surface area contributed by atoms with E-state index in [4.69, 9.17) is 26.0 Å². The third-order valence-electron chi connectivity index (χ3n) is 4.79. The van der Waals surface area contributed by atoms with Crippen molar-refractivity contribution in [2.75, 3.05) is 5.75 Å². The van der Waals surface area contributed by atoms with Crippen molar-refractivity contribution in [3.8, 4) is 0 Å². The number of benzene rings is 1. The molecule has 0 saturated carbocycles. The van der Waals surface area contributed by atoms with Crippen molar-refractivity contribution in [2.45, 2.75) is 52.2 Å². The first-order valence-electron chi connectivity index (χ1n) is 8.61. The minimum absolute atomic E-state index is 0.0192. The number of carboxylic acids is 1. The molecule has 1 aromatic rings. The molecule has 1 heterocycles. The molecule has 0 aromatic heterocycles. The fourth-order valence-electron chi connectivity index (χ4n) is 2.58. The molecule has 1 aromatic carbocycles. The Hall–Kier alpha value is -1.28. The predicted octanol–water partition coefficient (Wildman–Crippen LogP) is 4.26. The third-order valence-corrected chi connectivity index (χ3v) is 5.91. The van der Waals surface area contributed by atoms with Crippen LogP contribution in [0.15, 0.2) is 23.7 Å². The first-order valence-corrected chi connectivity index (χ1v) is 9.97. The van der Waals surface area contributed by atoms with Crippen molar-refractivity contribution in [1.29, 1.82) is 0 Å². The van der Waals surface area contributed by atoms with E-state index in [9.17, 15) is 9.59 Å². The van der Waals surface area contributed by atoms with E-state index in [1.54, 1.807) is 18.2 Å². The number of carbonyl (C=O) groups is 2. The molecule has 146 valence electrons. The van der Waals surface area contributed by atoms with Crippen molar-refractivity contribution in [2.24, 2.45) is 0 Å². The lowest BCUT2D eigenvalue weighted by Crippen LogP contribution is -2.41. The van der Waals surface area contributed by atoms with Crippen LogP contribution in [0.25, 0.3) is 6.08 Å². The van der Waals surface area contributed by atoms with Crippen molar-refractivity contribution >= 4 is 47.6 Å². The topological polar surface area (TPSA) is 72.8 Å². The summed E-state index contributed by atoms with van der Waals surface area (Å²) in [5.74, 6) is -0.548. The SMILES string of the molecule is CC(=O)SCC(=Cc1cc(Cl)ccc1CC(=O)O)B1OC(C)(C)C(C)(C)O1. The Morgan fingerprint density at radius 2 is 1.81 bits per heavy atom. The third kappa shape index (κ3) is 5.61. The average Bonchev–Trinajstić information content (AvgIpc) is 2.73. The summed E-state index contributed by atoms with van der Waals surface area (Å²) in [6, 6.07) is 5.07. The van der Waals surface area contributed by atoms with E-state index >= 15 is 0 Å². The van der Waals surface area contributed by atoms with Crippen LogP contribution in [0.4, 0.5) is 0 Å². The van der Waals surface area contributed by atoms with E-state index in [0.29, 0.717) is 21.9 Å². The molecule has 1 fully saturated rings. The van der Waals surface area contributed by atoms with E-state index in [1.165, 1.54) is 6.92 Å². The van der Waals surface area contributed by atoms with Gasteiger partial charge in [-0.05, 0) is 56.4 Å². The highest BCUT2D eigenvalue weighted by Crippen LogP contribution is 2.39. The second-order valence-corrected chi connectivity index (χ2v) is 9.09. The van der Waals surface area contributed by atoms with Crippen molar-refractivity contribution in [3.05, 3.63) is 39.8 Å². The number of aliphatic carboxylic acids is 1. The van der Waals surface area contributed by atoms with E-state index in [0.717, 1.165) is 17.2 Å². The highest BCUT2D eigenvalue weighted by atomic mass is 35.5. The zero-order valence-corrected chi connectivity index (χ0v) is 17.7. The van der Waals surface area contributed by atoms with Crippen LogP contribution in [-0.2, 0) is 25.3 Å². The Bertz CT molecular complexity index is 759. The van der Waals surface area contributed by atoms with Crippen molar-refractivity contribution in [3.63, 3.8) is 0 Å². The number of halogens is 1. The summed E-state index contributed by atoms with van der Waals surface area (Å²) in [6.45, 7) is 9.33. The Balaban J connectivity index is 2.44. The minimum atomic E-state index is -0.928. The van der Waals surface area contributed by atoms with Crippen LogP contribution in [0.2, 0.25) is 5.02 Å². The lowest BCUT2D eigenvalue weighted by Gasteiger charge is -2.32. The second-order valence-electron chi connectivity index (χ2n) is 7.50. The lowest BCUT2D eigenvalue weighted by atomic mass is 9.78. The molecule has 0 atom stereocenters. The van der Waals surface area contributed by atoms with Gasteiger partial charge in [-0.2, -0.15) is 0 Å². The Morgan fingerprint density at radius 1 is 1.22 bits per heavy atom. The maximum Gasteiger partial charge on any atom is 0.491 e. The van der Waals surface area contributed by atoms with E-state index in [1.807, 2.05) is 33.8 Å². The molecule has 0 amide bonds. The molecule has 1 aliphatic rings. The average molecular weight is 411 g/mol. The van der Waals surface area contributed by atoms with Crippen LogP contribution in [0, 0.1) is 0 Å². The van der Waals surface area contributed by atoms with Gasteiger partial charge in [-0.3, -0.25) is 9.59 Å². The van der Waals surface area contributed by atoms with Gasteiger partial charge in [0.05, 0.1) is 17.6 Å². The Morgan fingerprint density at radius 3 is 2.33 bits per heavy atom. The summed E-state index contributed by atoms with van der Waals surface area (Å²) >= 11 is 7.27. The van der Waals surface area contributed by atoms with E-state index in [-0.39, 0.29) is 11.5 Å². The molecule has 1 N–H and O–H groups in total. The van der Waals surface area contributed by atoms with Crippen molar-refractivity contribution in [1.82, 2.24) is 0 Å². The summed E-state index contributed by atoms with van der Waals surface area (Å²) in [5, 5.41) is 9.65. The van der Waals surface area contributed by atoms with Gasteiger partial charge in [-0.1, -0.05) is 35.5 Å². The highest BCUT2D eigenvalue weighted by molar-refractivity contribution is 8.13. The Kier molecular flexibility index (Phi) is 6.84. The predicted molar refractivity (Wildman–Crippen MR) is 110 cm³/mol. The van der Waals surface area contributed by atoms with Gasteiger partial charge >= 0.3 is 13.1 Å². The number of carboxylic acid groups (broad SMARTS) is 1. The van der Waals surface area contributed by atoms with E-state index in [2.05, 4.69) is 0 Å². The van der Waals surface area contributed by atoms with Gasteiger partial charge in [0.2, 0.25) is 0 Å². The lowest BCUT2D eigenvalue weighted by molar-refractivity contribution is -0.136. The zero-order chi connectivity index (χ0) is 20.4. The summed E-state index contributed by atoms with van der Waals surface area (Å²) in [5.41, 5.74) is 1.03. The number of hydrogen-bond donors (Lipinski definition) is 1. The van der Waals surface area contributed by atoms with Crippen LogP contribution in [-0.4, -0.2) is 40.3 Å². The summed E-state index contributed by atoms with van der Waals surface area (Å²) < 4.78 is 12.2. The van der Waals surface area contributed by atoms with Crippen LogP contribution in [0.3, 0.4) is 0 Å². The molecule has 2 rings (SSSR count). The number of rotatable bonds is 6. The van der Waals surface area contributed by atoms with Gasteiger partial charge in [0, 0.05) is 17.7 Å². The molecule has 5 nitrogen and oxygen atoms in total. The van der Waals surface area contributed by atoms with Crippen LogP contribution in [0.5, 0.6) is 0 Å². The molecule has 0 aliphatic carbocycles. The smallest absolute Gasteiger partial charge is 0.481 e. The van der Waals surface area contributed by atoms with Gasteiger partial charge in [0.15, 0.2) is 5.12 Å². The summed E-state index contributed by atoms with van der Waals surface area (Å²) in [6.07, 6.45) is 1.70. The number of carbonyl (C=O) groups excluding carboxylic acids is 1. The molecule has 8 heteroatoms. The molecule has 27 heavy (non-hydrogen) atoms. The van der Waals surface area contributed by atoms with Crippen LogP contribution < -0.4 is 0 Å². The fourth-order valence-corrected chi connectivity index (χ4v) is 3.35. The van der Waals surface area contributed by atoms with Gasteiger partial charge in [0.1, 0.15) is 0 Å². The first kappa shape index (κ1) is 22.0. The number of hydrogen-bond acceptors (Lipinski definition) is 5. The van der Waals surface area contributed by atoms with Crippen LogP contribution >= 0.6 is 23.4 Å². The first-order chi connectivity index (χ1) is 12.4. The molecular weight excluding hydrogens is 387 g/mol.